The third kappa shape index (κ3) is 4.05. The van der Waals surface area contributed by atoms with Gasteiger partial charge in [0.05, 0.1) is 11.4 Å². The molecular weight excluding hydrogens is 463 g/mol. The lowest BCUT2D eigenvalue weighted by molar-refractivity contribution is 0.926. The summed E-state index contributed by atoms with van der Waals surface area (Å²) in [6, 6.07) is 25.0. The molecule has 3 aromatic carbocycles. The van der Waals surface area contributed by atoms with Gasteiger partial charge < -0.3 is 5.32 Å². The number of hydrogen-bond acceptors (Lipinski definition) is 3. The molecule has 2 aromatic heterocycles. The Kier molecular flexibility index (Phi) is 5.51. The Balaban J connectivity index is 1.75. The molecule has 5 rings (SSSR count). The smallest absolute Gasteiger partial charge is 0.166 e. The third-order valence-corrected chi connectivity index (χ3v) is 5.79. The van der Waals surface area contributed by atoms with Gasteiger partial charge in [-0.25, -0.2) is 4.98 Å². The first-order valence-corrected chi connectivity index (χ1v) is 11.1. The Labute approximate surface area is 200 Å². The summed E-state index contributed by atoms with van der Waals surface area (Å²) >= 11 is 18.5. The summed E-state index contributed by atoms with van der Waals surface area (Å²) in [7, 11) is 0. The van der Waals surface area contributed by atoms with Crippen LogP contribution in [0.15, 0.2) is 78.9 Å². The number of anilines is 2. The van der Waals surface area contributed by atoms with Crippen LogP contribution in [0.25, 0.3) is 28.0 Å². The Hall–Kier alpha value is -3.05. The summed E-state index contributed by atoms with van der Waals surface area (Å²) in [6.07, 6.45) is 0. The second-order valence-corrected chi connectivity index (χ2v) is 8.69. The van der Waals surface area contributed by atoms with Crippen molar-refractivity contribution in [2.24, 2.45) is 0 Å². The van der Waals surface area contributed by atoms with Gasteiger partial charge in [0.1, 0.15) is 5.82 Å². The molecule has 0 bridgehead atoms. The first-order chi connectivity index (χ1) is 15.5. The molecule has 1 N–H and O–H groups in total. The maximum Gasteiger partial charge on any atom is 0.166 e. The quantitative estimate of drug-likeness (QED) is 0.283. The molecule has 5 aromatic rings. The highest BCUT2D eigenvalue weighted by atomic mass is 35.5. The second kappa shape index (κ2) is 8.47. The highest BCUT2D eigenvalue weighted by Gasteiger charge is 2.18. The molecule has 0 aliphatic carbocycles. The van der Waals surface area contributed by atoms with Crippen LogP contribution in [0.3, 0.4) is 0 Å². The standard InChI is InChI=1S/C25H17Cl3N4/c1-15-24(17-7-9-18(26)10-8-17)25-30-22(16-5-3-2-4-6-16)14-23(32(25)31-15)29-21-12-19(27)11-20(28)13-21/h2-14,29H,1H3. The fourth-order valence-electron chi connectivity index (χ4n) is 3.70. The zero-order chi connectivity index (χ0) is 22.2. The van der Waals surface area contributed by atoms with Crippen LogP contribution >= 0.6 is 34.8 Å². The number of nitrogens with one attached hydrogen (secondary N) is 1. The molecule has 0 fully saturated rings. The van der Waals surface area contributed by atoms with Gasteiger partial charge in [-0.15, -0.1) is 0 Å². The van der Waals surface area contributed by atoms with Crippen LogP contribution in [0.1, 0.15) is 5.69 Å². The van der Waals surface area contributed by atoms with Gasteiger partial charge in [-0.2, -0.15) is 9.61 Å². The average Bonchev–Trinajstić information content (AvgIpc) is 3.10. The van der Waals surface area contributed by atoms with E-state index in [1.165, 1.54) is 0 Å². The van der Waals surface area contributed by atoms with Gasteiger partial charge in [-0.05, 0) is 42.8 Å². The van der Waals surface area contributed by atoms with Crippen molar-refractivity contribution in [1.29, 1.82) is 0 Å². The van der Waals surface area contributed by atoms with Crippen molar-refractivity contribution >= 4 is 52.0 Å². The fourth-order valence-corrected chi connectivity index (χ4v) is 4.35. The van der Waals surface area contributed by atoms with Crippen LogP contribution in [0.5, 0.6) is 0 Å². The molecule has 32 heavy (non-hydrogen) atoms. The van der Waals surface area contributed by atoms with E-state index in [9.17, 15) is 0 Å². The van der Waals surface area contributed by atoms with E-state index in [1.54, 1.807) is 10.6 Å². The SMILES string of the molecule is Cc1nn2c(Nc3cc(Cl)cc(Cl)c3)cc(-c3ccccc3)nc2c1-c1ccc(Cl)cc1. The number of aryl methyl sites for hydroxylation is 1. The lowest BCUT2D eigenvalue weighted by atomic mass is 10.1. The van der Waals surface area contributed by atoms with E-state index in [-0.39, 0.29) is 0 Å². The van der Waals surface area contributed by atoms with E-state index in [0.717, 1.165) is 45.2 Å². The Morgan fingerprint density at radius 3 is 2.12 bits per heavy atom. The predicted octanol–water partition coefficient (Wildman–Crippen LogP) is 8.08. The molecule has 0 aliphatic rings. The topological polar surface area (TPSA) is 42.2 Å². The fraction of sp³-hybridized carbons (Fsp3) is 0.0400. The maximum absolute atomic E-state index is 6.21. The van der Waals surface area contributed by atoms with E-state index in [0.29, 0.717) is 15.1 Å². The van der Waals surface area contributed by atoms with Crippen LogP contribution < -0.4 is 5.32 Å². The van der Waals surface area contributed by atoms with E-state index < -0.39 is 0 Å². The van der Waals surface area contributed by atoms with Gasteiger partial charge >= 0.3 is 0 Å². The lowest BCUT2D eigenvalue weighted by Gasteiger charge is -2.12. The minimum atomic E-state index is 0.548. The van der Waals surface area contributed by atoms with Gasteiger partial charge in [0.2, 0.25) is 0 Å². The first-order valence-electron chi connectivity index (χ1n) is 9.93. The summed E-state index contributed by atoms with van der Waals surface area (Å²) in [4.78, 5) is 4.98. The summed E-state index contributed by atoms with van der Waals surface area (Å²) in [5, 5.41) is 9.97. The molecule has 0 saturated heterocycles. The zero-order valence-corrected chi connectivity index (χ0v) is 19.2. The molecule has 158 valence electrons. The minimum absolute atomic E-state index is 0.548. The highest BCUT2D eigenvalue weighted by molar-refractivity contribution is 6.35. The summed E-state index contributed by atoms with van der Waals surface area (Å²) in [5.41, 5.74) is 6.13. The molecular formula is C25H17Cl3N4. The molecule has 0 aliphatic heterocycles. The maximum atomic E-state index is 6.21. The molecule has 2 heterocycles. The van der Waals surface area contributed by atoms with Crippen molar-refractivity contribution < 1.29 is 0 Å². The number of hydrogen-bond donors (Lipinski definition) is 1. The molecule has 0 unspecified atom stereocenters. The molecule has 7 heteroatoms. The van der Waals surface area contributed by atoms with Crippen LogP contribution in [0.4, 0.5) is 11.5 Å². The van der Waals surface area contributed by atoms with Crippen LogP contribution in [0, 0.1) is 6.92 Å². The Morgan fingerprint density at radius 1 is 0.750 bits per heavy atom. The largest absolute Gasteiger partial charge is 0.340 e. The van der Waals surface area contributed by atoms with Gasteiger partial charge in [0.25, 0.3) is 0 Å². The highest BCUT2D eigenvalue weighted by Crippen LogP contribution is 2.33. The molecule has 0 amide bonds. The number of benzene rings is 3. The predicted molar refractivity (Wildman–Crippen MR) is 133 cm³/mol. The van der Waals surface area contributed by atoms with Crippen molar-refractivity contribution in [2.45, 2.75) is 6.92 Å². The molecule has 4 nitrogen and oxygen atoms in total. The van der Waals surface area contributed by atoms with Crippen LogP contribution in [0.2, 0.25) is 15.1 Å². The summed E-state index contributed by atoms with van der Waals surface area (Å²) in [6.45, 7) is 1.97. The third-order valence-electron chi connectivity index (χ3n) is 5.10. The van der Waals surface area contributed by atoms with E-state index in [2.05, 4.69) is 5.32 Å². The van der Waals surface area contributed by atoms with Crippen molar-refractivity contribution in [2.75, 3.05) is 5.32 Å². The monoisotopic (exact) mass is 478 g/mol. The Morgan fingerprint density at radius 2 is 1.44 bits per heavy atom. The summed E-state index contributed by atoms with van der Waals surface area (Å²) < 4.78 is 1.81. The molecule has 0 atom stereocenters. The molecule has 0 radical (unpaired) electrons. The van der Waals surface area contributed by atoms with Crippen molar-refractivity contribution in [1.82, 2.24) is 14.6 Å². The number of aromatic nitrogens is 3. The van der Waals surface area contributed by atoms with Gasteiger partial charge in [-0.3, -0.25) is 0 Å². The number of nitrogens with zero attached hydrogens (tertiary/aromatic N) is 3. The molecule has 0 spiro atoms. The van der Waals surface area contributed by atoms with Crippen molar-refractivity contribution in [3.8, 4) is 22.4 Å². The first kappa shape index (κ1) is 20.8. The van der Waals surface area contributed by atoms with E-state index in [4.69, 9.17) is 44.9 Å². The van der Waals surface area contributed by atoms with Crippen LogP contribution in [-0.4, -0.2) is 14.6 Å². The van der Waals surface area contributed by atoms with Gasteiger partial charge in [0.15, 0.2) is 5.65 Å². The Bertz CT molecular complexity index is 1410. The zero-order valence-electron chi connectivity index (χ0n) is 17.0. The number of halogens is 3. The van der Waals surface area contributed by atoms with Crippen molar-refractivity contribution in [3.05, 3.63) is 99.6 Å². The van der Waals surface area contributed by atoms with E-state index in [1.807, 2.05) is 79.7 Å². The van der Waals surface area contributed by atoms with Crippen molar-refractivity contribution in [3.63, 3.8) is 0 Å². The minimum Gasteiger partial charge on any atom is -0.340 e. The number of rotatable bonds is 4. The second-order valence-electron chi connectivity index (χ2n) is 7.38. The van der Waals surface area contributed by atoms with Crippen LogP contribution in [-0.2, 0) is 0 Å². The molecule has 0 saturated carbocycles. The van der Waals surface area contributed by atoms with E-state index >= 15 is 0 Å². The normalized spacial score (nSPS) is 11.1. The summed E-state index contributed by atoms with van der Waals surface area (Å²) in [5.74, 6) is 0.746. The lowest BCUT2D eigenvalue weighted by Crippen LogP contribution is -2.03. The van der Waals surface area contributed by atoms with Gasteiger partial charge in [-0.1, -0.05) is 77.3 Å². The number of fused-ring (bicyclic) bond motifs is 1. The average molecular weight is 480 g/mol. The van der Waals surface area contributed by atoms with Gasteiger partial charge in [0, 0.05) is 37.9 Å².